The summed E-state index contributed by atoms with van der Waals surface area (Å²) in [5, 5.41) is 12.4. The van der Waals surface area contributed by atoms with Gasteiger partial charge in [-0.1, -0.05) is 0 Å². The summed E-state index contributed by atoms with van der Waals surface area (Å²) in [7, 11) is 1.95. The Labute approximate surface area is 85.1 Å². The van der Waals surface area contributed by atoms with Gasteiger partial charge in [-0.3, -0.25) is 0 Å². The van der Waals surface area contributed by atoms with Gasteiger partial charge in [0.05, 0.1) is 24.0 Å². The summed E-state index contributed by atoms with van der Waals surface area (Å²) in [4.78, 5) is 4.38. The Balaban J connectivity index is 2.47. The Morgan fingerprint density at radius 2 is 2.54 bits per heavy atom. The Morgan fingerprint density at radius 3 is 3.23 bits per heavy atom. The van der Waals surface area contributed by atoms with E-state index in [-0.39, 0.29) is 12.6 Å². The van der Waals surface area contributed by atoms with Gasteiger partial charge in [-0.2, -0.15) is 0 Å². The van der Waals surface area contributed by atoms with E-state index in [1.54, 1.807) is 0 Å². The second kappa shape index (κ2) is 3.40. The van der Waals surface area contributed by atoms with E-state index < -0.39 is 0 Å². The molecule has 0 aromatic carbocycles. The zero-order valence-corrected chi connectivity index (χ0v) is 9.00. The molecule has 0 amide bonds. The molecule has 1 unspecified atom stereocenters. The van der Waals surface area contributed by atoms with Crippen LogP contribution in [0.2, 0.25) is 0 Å². The van der Waals surface area contributed by atoms with Crippen molar-refractivity contribution in [2.45, 2.75) is 12.5 Å². The highest BCUT2D eigenvalue weighted by Gasteiger charge is 2.24. The number of nitrogens with one attached hydrogen (secondary N) is 1. The fourth-order valence-electron chi connectivity index (χ4n) is 1.77. The van der Waals surface area contributed by atoms with Crippen molar-refractivity contribution in [1.29, 1.82) is 0 Å². The minimum Gasteiger partial charge on any atom is -0.394 e. The van der Waals surface area contributed by atoms with Crippen LogP contribution in [0.4, 0.5) is 0 Å². The molecule has 0 radical (unpaired) electrons. The van der Waals surface area contributed by atoms with Gasteiger partial charge in [0.2, 0.25) is 0 Å². The summed E-state index contributed by atoms with van der Waals surface area (Å²) in [5.74, 6) is 0. The quantitative estimate of drug-likeness (QED) is 0.752. The zero-order chi connectivity index (χ0) is 9.42. The van der Waals surface area contributed by atoms with Crippen LogP contribution in [-0.2, 0) is 13.5 Å². The topological polar surface area (TPSA) is 50.1 Å². The molecule has 0 aliphatic carbocycles. The molecule has 72 valence electrons. The lowest BCUT2D eigenvalue weighted by Gasteiger charge is -2.22. The SMILES string of the molecule is Cn1c(Br)nc2c1C(CO)NCC2. The molecule has 0 spiro atoms. The van der Waals surface area contributed by atoms with E-state index in [9.17, 15) is 0 Å². The van der Waals surface area contributed by atoms with Crippen molar-refractivity contribution in [3.8, 4) is 0 Å². The second-order valence-corrected chi connectivity index (χ2v) is 3.92. The van der Waals surface area contributed by atoms with Gasteiger partial charge in [-0.05, 0) is 15.9 Å². The lowest BCUT2D eigenvalue weighted by molar-refractivity contribution is 0.234. The fraction of sp³-hybridized carbons (Fsp3) is 0.625. The average molecular weight is 246 g/mol. The normalized spacial score (nSPS) is 21.6. The van der Waals surface area contributed by atoms with Crippen molar-refractivity contribution in [3.05, 3.63) is 16.1 Å². The number of hydrogen-bond acceptors (Lipinski definition) is 3. The van der Waals surface area contributed by atoms with Gasteiger partial charge in [-0.15, -0.1) is 0 Å². The number of fused-ring (bicyclic) bond motifs is 1. The lowest BCUT2D eigenvalue weighted by atomic mass is 10.1. The summed E-state index contributed by atoms with van der Waals surface area (Å²) in [6.07, 6.45) is 0.936. The average Bonchev–Trinajstić information content (AvgIpc) is 2.43. The van der Waals surface area contributed by atoms with Crippen molar-refractivity contribution in [2.24, 2.45) is 7.05 Å². The predicted molar refractivity (Wildman–Crippen MR) is 52.4 cm³/mol. The molecule has 2 heterocycles. The molecule has 1 aliphatic rings. The van der Waals surface area contributed by atoms with E-state index in [0.29, 0.717) is 0 Å². The Hall–Kier alpha value is -0.390. The molecule has 1 aromatic heterocycles. The van der Waals surface area contributed by atoms with E-state index in [2.05, 4.69) is 26.2 Å². The molecule has 1 atom stereocenters. The van der Waals surface area contributed by atoms with Crippen molar-refractivity contribution in [2.75, 3.05) is 13.2 Å². The number of aliphatic hydroxyl groups is 1. The maximum atomic E-state index is 9.15. The molecule has 0 bridgehead atoms. The number of halogens is 1. The van der Waals surface area contributed by atoms with E-state index in [4.69, 9.17) is 5.11 Å². The molecule has 0 saturated heterocycles. The van der Waals surface area contributed by atoms with Crippen LogP contribution >= 0.6 is 15.9 Å². The van der Waals surface area contributed by atoms with E-state index in [1.165, 1.54) is 0 Å². The first-order valence-electron chi connectivity index (χ1n) is 4.29. The molecule has 13 heavy (non-hydrogen) atoms. The molecule has 2 rings (SSSR count). The third kappa shape index (κ3) is 1.41. The Kier molecular flexibility index (Phi) is 2.40. The van der Waals surface area contributed by atoms with Crippen LogP contribution in [0.25, 0.3) is 0 Å². The maximum Gasteiger partial charge on any atom is 0.177 e. The van der Waals surface area contributed by atoms with Crippen molar-refractivity contribution < 1.29 is 5.11 Å². The molecule has 1 aliphatic heterocycles. The van der Waals surface area contributed by atoms with Crippen molar-refractivity contribution in [1.82, 2.24) is 14.9 Å². The molecule has 2 N–H and O–H groups in total. The first-order valence-corrected chi connectivity index (χ1v) is 5.08. The molecule has 0 fully saturated rings. The third-order valence-electron chi connectivity index (χ3n) is 2.43. The highest BCUT2D eigenvalue weighted by molar-refractivity contribution is 9.10. The summed E-state index contributed by atoms with van der Waals surface area (Å²) in [5.41, 5.74) is 2.19. The first-order chi connectivity index (χ1) is 6.24. The smallest absolute Gasteiger partial charge is 0.177 e. The fourth-order valence-corrected chi connectivity index (χ4v) is 2.17. The highest BCUT2D eigenvalue weighted by atomic mass is 79.9. The van der Waals surface area contributed by atoms with E-state index >= 15 is 0 Å². The van der Waals surface area contributed by atoms with Crippen LogP contribution < -0.4 is 5.32 Å². The molecule has 1 aromatic rings. The van der Waals surface area contributed by atoms with Crippen molar-refractivity contribution in [3.63, 3.8) is 0 Å². The summed E-state index contributed by atoms with van der Waals surface area (Å²) < 4.78 is 2.81. The number of imidazole rings is 1. The van der Waals surface area contributed by atoms with Crippen molar-refractivity contribution >= 4 is 15.9 Å². The zero-order valence-electron chi connectivity index (χ0n) is 7.42. The number of aromatic nitrogens is 2. The summed E-state index contributed by atoms with van der Waals surface area (Å²) in [6, 6.07) is 0.0348. The Bertz CT molecular complexity index is 323. The Morgan fingerprint density at radius 1 is 1.77 bits per heavy atom. The first kappa shape index (κ1) is 9.18. The number of nitrogens with zero attached hydrogens (tertiary/aromatic N) is 2. The van der Waals surface area contributed by atoms with Crippen LogP contribution in [0.5, 0.6) is 0 Å². The van der Waals surface area contributed by atoms with Gasteiger partial charge in [0.25, 0.3) is 0 Å². The largest absolute Gasteiger partial charge is 0.394 e. The van der Waals surface area contributed by atoms with E-state index in [1.807, 2.05) is 11.6 Å². The second-order valence-electron chi connectivity index (χ2n) is 3.21. The minimum atomic E-state index is 0.0348. The lowest BCUT2D eigenvalue weighted by Crippen LogP contribution is -2.33. The van der Waals surface area contributed by atoms with Gasteiger partial charge in [0, 0.05) is 20.0 Å². The monoisotopic (exact) mass is 245 g/mol. The maximum absolute atomic E-state index is 9.15. The summed E-state index contributed by atoms with van der Waals surface area (Å²) in [6.45, 7) is 1.01. The van der Waals surface area contributed by atoms with E-state index in [0.717, 1.165) is 29.1 Å². The molecule has 4 nitrogen and oxygen atoms in total. The third-order valence-corrected chi connectivity index (χ3v) is 3.14. The van der Waals surface area contributed by atoms with Gasteiger partial charge < -0.3 is 15.0 Å². The van der Waals surface area contributed by atoms with Gasteiger partial charge in [0.1, 0.15) is 0 Å². The van der Waals surface area contributed by atoms with Gasteiger partial charge in [-0.25, -0.2) is 4.98 Å². The molecular weight excluding hydrogens is 234 g/mol. The van der Waals surface area contributed by atoms with Crippen LogP contribution in [0.3, 0.4) is 0 Å². The number of aliphatic hydroxyl groups excluding tert-OH is 1. The number of rotatable bonds is 1. The molecule has 0 saturated carbocycles. The van der Waals surface area contributed by atoms with Gasteiger partial charge >= 0.3 is 0 Å². The van der Waals surface area contributed by atoms with Crippen LogP contribution in [0.1, 0.15) is 17.4 Å². The van der Waals surface area contributed by atoms with Crippen LogP contribution in [0, 0.1) is 0 Å². The molecular formula is C8H12BrN3O. The number of hydrogen-bond donors (Lipinski definition) is 2. The summed E-state index contributed by atoms with van der Waals surface area (Å²) >= 11 is 3.38. The van der Waals surface area contributed by atoms with Gasteiger partial charge in [0.15, 0.2) is 4.73 Å². The predicted octanol–water partition coefficient (Wildman–Crippen LogP) is 0.362. The van der Waals surface area contributed by atoms with Crippen LogP contribution in [-0.4, -0.2) is 27.8 Å². The van der Waals surface area contributed by atoms with Crippen LogP contribution in [0.15, 0.2) is 4.73 Å². The minimum absolute atomic E-state index is 0.0348. The molecule has 5 heteroatoms. The highest BCUT2D eigenvalue weighted by Crippen LogP contribution is 2.24. The standard InChI is InChI=1S/C8H12BrN3O/c1-12-7-5(11-8(12)9)2-3-10-6(7)4-13/h6,10,13H,2-4H2,1H3.